The number of aromatic nitrogens is 2. The van der Waals surface area contributed by atoms with Crippen LogP contribution < -0.4 is 0 Å². The number of likely N-dealkylation sites (tertiary alicyclic amines) is 1. The Morgan fingerprint density at radius 2 is 2.16 bits per heavy atom. The third-order valence-corrected chi connectivity index (χ3v) is 4.35. The zero-order valence-corrected chi connectivity index (χ0v) is 11.4. The van der Waals surface area contributed by atoms with Crippen molar-refractivity contribution in [3.05, 3.63) is 23.8 Å². The van der Waals surface area contributed by atoms with Crippen LogP contribution in [0.2, 0.25) is 0 Å². The molecular weight excluding hydrogens is 242 g/mol. The lowest BCUT2D eigenvalue weighted by Gasteiger charge is -2.38. The molecule has 2 fully saturated rings. The van der Waals surface area contributed by atoms with E-state index < -0.39 is 0 Å². The molecule has 2 aliphatic heterocycles. The number of nitrogens with zero attached hydrogens (tertiary/aromatic N) is 3. The molecule has 1 N–H and O–H groups in total. The second kappa shape index (κ2) is 5.15. The minimum Gasteiger partial charge on any atom is -0.395 e. The molecule has 3 rings (SSSR count). The highest BCUT2D eigenvalue weighted by Crippen LogP contribution is 2.31. The maximum atomic E-state index is 9.56. The molecule has 0 aromatic carbocycles. The quantitative estimate of drug-likeness (QED) is 0.863. The van der Waals surface area contributed by atoms with Crippen LogP contribution in [0.25, 0.3) is 0 Å². The number of ether oxygens (including phenoxy) is 1. The van der Waals surface area contributed by atoms with Gasteiger partial charge in [-0.25, -0.2) is 9.97 Å². The van der Waals surface area contributed by atoms with E-state index in [1.807, 2.05) is 12.3 Å². The van der Waals surface area contributed by atoms with Gasteiger partial charge in [-0.05, 0) is 39.0 Å². The molecular formula is C14H21N3O2. The molecule has 19 heavy (non-hydrogen) atoms. The van der Waals surface area contributed by atoms with Crippen LogP contribution >= 0.6 is 0 Å². The van der Waals surface area contributed by atoms with Crippen molar-refractivity contribution in [2.75, 3.05) is 40.0 Å². The topological polar surface area (TPSA) is 58.5 Å². The van der Waals surface area contributed by atoms with Crippen molar-refractivity contribution in [1.29, 1.82) is 0 Å². The molecule has 2 aliphatic rings. The monoisotopic (exact) mass is 263 g/mol. The molecule has 0 spiro atoms. The number of hydrogen-bond acceptors (Lipinski definition) is 5. The third-order valence-electron chi connectivity index (χ3n) is 4.35. The maximum absolute atomic E-state index is 9.56. The number of aliphatic hydroxyl groups excluding tert-OH is 1. The van der Waals surface area contributed by atoms with Crippen molar-refractivity contribution in [3.8, 4) is 0 Å². The van der Waals surface area contributed by atoms with Gasteiger partial charge in [0.15, 0.2) is 0 Å². The summed E-state index contributed by atoms with van der Waals surface area (Å²) in [6.45, 7) is 3.36. The summed E-state index contributed by atoms with van der Waals surface area (Å²) in [5.74, 6) is 1.27. The van der Waals surface area contributed by atoms with Crippen LogP contribution in [0.1, 0.15) is 30.3 Å². The molecule has 0 aliphatic carbocycles. The van der Waals surface area contributed by atoms with Gasteiger partial charge in [0.05, 0.1) is 25.2 Å². The Morgan fingerprint density at radius 1 is 1.42 bits per heavy atom. The van der Waals surface area contributed by atoms with E-state index in [0.717, 1.165) is 37.4 Å². The second-order valence-corrected chi connectivity index (χ2v) is 5.81. The van der Waals surface area contributed by atoms with Gasteiger partial charge in [-0.1, -0.05) is 0 Å². The Hall–Kier alpha value is -1.04. The van der Waals surface area contributed by atoms with E-state index in [1.165, 1.54) is 0 Å². The standard InChI is InChI=1S/C14H21N3O2/c1-17-6-3-11(4-7-17)12-2-5-15-13(16-12)14(8-18)9-19-10-14/h2,5,11,18H,3-4,6-10H2,1H3. The highest BCUT2D eigenvalue weighted by Gasteiger charge is 2.43. The van der Waals surface area contributed by atoms with Gasteiger partial charge < -0.3 is 14.7 Å². The Labute approximate surface area is 113 Å². The van der Waals surface area contributed by atoms with E-state index in [2.05, 4.69) is 16.9 Å². The third kappa shape index (κ3) is 2.38. The van der Waals surface area contributed by atoms with Crippen molar-refractivity contribution < 1.29 is 9.84 Å². The smallest absolute Gasteiger partial charge is 0.141 e. The molecule has 104 valence electrons. The fourth-order valence-corrected chi connectivity index (χ4v) is 2.80. The van der Waals surface area contributed by atoms with Gasteiger partial charge in [0.25, 0.3) is 0 Å². The van der Waals surface area contributed by atoms with Crippen LogP contribution in [0.15, 0.2) is 12.3 Å². The van der Waals surface area contributed by atoms with Crippen molar-refractivity contribution in [3.63, 3.8) is 0 Å². The fourth-order valence-electron chi connectivity index (χ4n) is 2.80. The predicted molar refractivity (Wildman–Crippen MR) is 71.1 cm³/mol. The molecule has 0 amide bonds. The summed E-state index contributed by atoms with van der Waals surface area (Å²) < 4.78 is 5.24. The number of rotatable bonds is 3. The van der Waals surface area contributed by atoms with E-state index in [9.17, 15) is 5.11 Å². The zero-order chi connectivity index (χ0) is 13.3. The SMILES string of the molecule is CN1CCC(c2ccnc(C3(CO)COC3)n2)CC1. The number of aliphatic hydroxyl groups is 1. The minimum atomic E-state index is -0.360. The molecule has 0 bridgehead atoms. The molecule has 0 saturated carbocycles. The summed E-state index contributed by atoms with van der Waals surface area (Å²) in [7, 11) is 2.16. The predicted octanol–water partition coefficient (Wildman–Crippen LogP) is 0.546. The Morgan fingerprint density at radius 3 is 2.74 bits per heavy atom. The first-order valence-electron chi connectivity index (χ1n) is 6.94. The van der Waals surface area contributed by atoms with E-state index in [-0.39, 0.29) is 12.0 Å². The molecule has 3 heterocycles. The lowest BCUT2D eigenvalue weighted by Crippen LogP contribution is -2.51. The summed E-state index contributed by atoms with van der Waals surface area (Å²) in [4.78, 5) is 11.4. The van der Waals surface area contributed by atoms with Gasteiger partial charge in [0.2, 0.25) is 0 Å². The molecule has 5 heteroatoms. The van der Waals surface area contributed by atoms with E-state index in [1.54, 1.807) is 0 Å². The number of hydrogen-bond donors (Lipinski definition) is 1. The summed E-state index contributed by atoms with van der Waals surface area (Å²) >= 11 is 0. The first-order valence-corrected chi connectivity index (χ1v) is 6.94. The van der Waals surface area contributed by atoms with Crippen molar-refractivity contribution in [1.82, 2.24) is 14.9 Å². The molecule has 0 radical (unpaired) electrons. The largest absolute Gasteiger partial charge is 0.395 e. The molecule has 2 saturated heterocycles. The van der Waals surface area contributed by atoms with Crippen LogP contribution in [0.5, 0.6) is 0 Å². The molecule has 1 aromatic heterocycles. The van der Waals surface area contributed by atoms with Gasteiger partial charge in [-0.2, -0.15) is 0 Å². The lowest BCUT2D eigenvalue weighted by molar-refractivity contribution is -0.0885. The summed E-state index contributed by atoms with van der Waals surface area (Å²) in [5.41, 5.74) is 0.763. The van der Waals surface area contributed by atoms with Crippen LogP contribution in [-0.2, 0) is 10.2 Å². The van der Waals surface area contributed by atoms with Crippen molar-refractivity contribution in [2.45, 2.75) is 24.2 Å². The Bertz CT molecular complexity index is 435. The first kappa shape index (κ1) is 13.0. The van der Waals surface area contributed by atoms with Gasteiger partial charge in [-0.3, -0.25) is 0 Å². The second-order valence-electron chi connectivity index (χ2n) is 5.81. The molecule has 1 aromatic rings. The summed E-state index contributed by atoms with van der Waals surface area (Å²) in [6.07, 6.45) is 4.12. The molecule has 0 atom stereocenters. The van der Waals surface area contributed by atoms with Gasteiger partial charge in [0.1, 0.15) is 5.82 Å². The van der Waals surface area contributed by atoms with Crippen molar-refractivity contribution >= 4 is 0 Å². The first-order chi connectivity index (χ1) is 9.23. The highest BCUT2D eigenvalue weighted by atomic mass is 16.5. The fraction of sp³-hybridized carbons (Fsp3) is 0.714. The summed E-state index contributed by atoms with van der Waals surface area (Å²) in [5, 5.41) is 9.56. The van der Waals surface area contributed by atoms with Gasteiger partial charge >= 0.3 is 0 Å². The van der Waals surface area contributed by atoms with Gasteiger partial charge in [-0.15, -0.1) is 0 Å². The summed E-state index contributed by atoms with van der Waals surface area (Å²) in [6, 6.07) is 2.02. The molecule has 0 unspecified atom stereocenters. The molecule has 5 nitrogen and oxygen atoms in total. The van der Waals surface area contributed by atoms with Crippen LogP contribution in [0.3, 0.4) is 0 Å². The zero-order valence-electron chi connectivity index (χ0n) is 11.4. The van der Waals surface area contributed by atoms with Crippen LogP contribution in [-0.4, -0.2) is 59.9 Å². The normalized spacial score (nSPS) is 24.1. The lowest BCUT2D eigenvalue weighted by atomic mass is 9.85. The van der Waals surface area contributed by atoms with E-state index >= 15 is 0 Å². The van der Waals surface area contributed by atoms with Crippen LogP contribution in [0.4, 0.5) is 0 Å². The highest BCUT2D eigenvalue weighted by molar-refractivity contribution is 5.18. The van der Waals surface area contributed by atoms with Crippen LogP contribution in [0, 0.1) is 0 Å². The minimum absolute atomic E-state index is 0.0594. The van der Waals surface area contributed by atoms with Crippen molar-refractivity contribution in [2.24, 2.45) is 0 Å². The Balaban J connectivity index is 1.80. The van der Waals surface area contributed by atoms with E-state index in [4.69, 9.17) is 9.72 Å². The maximum Gasteiger partial charge on any atom is 0.141 e. The average Bonchev–Trinajstić information content (AvgIpc) is 2.39. The Kier molecular flexibility index (Phi) is 3.52. The van der Waals surface area contributed by atoms with E-state index in [0.29, 0.717) is 19.1 Å². The average molecular weight is 263 g/mol. The van der Waals surface area contributed by atoms with Gasteiger partial charge in [0, 0.05) is 17.8 Å². The number of piperidine rings is 1.